The van der Waals surface area contributed by atoms with Gasteiger partial charge in [-0.3, -0.25) is 4.79 Å². The van der Waals surface area contributed by atoms with E-state index in [-0.39, 0.29) is 5.91 Å². The van der Waals surface area contributed by atoms with Crippen molar-refractivity contribution in [1.82, 2.24) is 10.3 Å². The third kappa shape index (κ3) is 3.82. The smallest absolute Gasteiger partial charge is 0.269 e. The molecule has 3 heteroatoms. The van der Waals surface area contributed by atoms with E-state index in [0.717, 1.165) is 5.69 Å². The van der Waals surface area contributed by atoms with Crippen LogP contribution < -0.4 is 5.32 Å². The van der Waals surface area contributed by atoms with E-state index in [2.05, 4.69) is 22.1 Å². The molecule has 0 fully saturated rings. The molecule has 1 heterocycles. The van der Waals surface area contributed by atoms with Crippen molar-refractivity contribution >= 4 is 5.91 Å². The number of hydrogen-bond donors (Lipinski definition) is 1. The lowest BCUT2D eigenvalue weighted by Crippen LogP contribution is -2.25. The zero-order valence-electron chi connectivity index (χ0n) is 9.00. The molecule has 0 bridgehead atoms. The first kappa shape index (κ1) is 11.3. The lowest BCUT2D eigenvalue weighted by Gasteiger charge is -2.02. The highest BCUT2D eigenvalue weighted by atomic mass is 16.1. The minimum absolute atomic E-state index is 0.142. The van der Waals surface area contributed by atoms with Gasteiger partial charge in [-0.15, -0.1) is 11.8 Å². The van der Waals surface area contributed by atoms with Gasteiger partial charge in [0, 0.05) is 18.7 Å². The van der Waals surface area contributed by atoms with Gasteiger partial charge in [-0.05, 0) is 26.0 Å². The Hall–Kier alpha value is -1.82. The van der Waals surface area contributed by atoms with E-state index in [1.54, 1.807) is 13.0 Å². The van der Waals surface area contributed by atoms with Gasteiger partial charge in [0.1, 0.15) is 5.69 Å². The predicted molar refractivity (Wildman–Crippen MR) is 59.4 cm³/mol. The van der Waals surface area contributed by atoms with Gasteiger partial charge in [0.2, 0.25) is 0 Å². The Balaban J connectivity index is 2.49. The van der Waals surface area contributed by atoms with Crippen LogP contribution in [0, 0.1) is 18.8 Å². The van der Waals surface area contributed by atoms with Crippen molar-refractivity contribution in [3.63, 3.8) is 0 Å². The average Bonchev–Trinajstić information content (AvgIpc) is 2.24. The molecule has 0 saturated heterocycles. The summed E-state index contributed by atoms with van der Waals surface area (Å²) in [5.41, 5.74) is 1.30. The maximum Gasteiger partial charge on any atom is 0.269 e. The summed E-state index contributed by atoms with van der Waals surface area (Å²) in [5.74, 6) is 5.51. The molecule has 0 spiro atoms. The Bertz CT molecular complexity index is 402. The first-order chi connectivity index (χ1) is 7.24. The summed E-state index contributed by atoms with van der Waals surface area (Å²) in [4.78, 5) is 15.7. The maximum atomic E-state index is 11.5. The lowest BCUT2D eigenvalue weighted by molar-refractivity contribution is 0.0949. The molecule has 0 aliphatic carbocycles. The van der Waals surface area contributed by atoms with Crippen LogP contribution in [0.25, 0.3) is 0 Å². The normalized spacial score (nSPS) is 8.93. The molecule has 1 rings (SSSR count). The second kappa shape index (κ2) is 5.82. The predicted octanol–water partition coefficient (Wildman–Crippen LogP) is 1.53. The molecule has 1 N–H and O–H groups in total. The van der Waals surface area contributed by atoms with Crippen LogP contribution in [0.5, 0.6) is 0 Å². The monoisotopic (exact) mass is 202 g/mol. The molecule has 1 aromatic rings. The third-order valence-corrected chi connectivity index (χ3v) is 1.83. The van der Waals surface area contributed by atoms with Crippen LogP contribution >= 0.6 is 0 Å². The fourth-order valence-corrected chi connectivity index (χ4v) is 1.12. The van der Waals surface area contributed by atoms with E-state index in [4.69, 9.17) is 0 Å². The van der Waals surface area contributed by atoms with Gasteiger partial charge in [-0.2, -0.15) is 0 Å². The van der Waals surface area contributed by atoms with E-state index in [0.29, 0.717) is 18.7 Å². The summed E-state index contributed by atoms with van der Waals surface area (Å²) >= 11 is 0. The molecule has 0 radical (unpaired) electrons. The molecule has 0 unspecified atom stereocenters. The number of hydrogen-bond acceptors (Lipinski definition) is 2. The molecule has 0 saturated carbocycles. The van der Waals surface area contributed by atoms with E-state index < -0.39 is 0 Å². The van der Waals surface area contributed by atoms with Gasteiger partial charge in [0.05, 0.1) is 0 Å². The van der Waals surface area contributed by atoms with Gasteiger partial charge < -0.3 is 5.32 Å². The quantitative estimate of drug-likeness (QED) is 0.596. The Labute approximate surface area is 89.9 Å². The van der Waals surface area contributed by atoms with Crippen molar-refractivity contribution in [1.29, 1.82) is 0 Å². The number of nitrogens with zero attached hydrogens (tertiary/aromatic N) is 1. The molecule has 1 aromatic heterocycles. The van der Waals surface area contributed by atoms with Gasteiger partial charge in [0.25, 0.3) is 5.91 Å². The summed E-state index contributed by atoms with van der Waals surface area (Å²) in [6.07, 6.45) is 0.675. The number of nitrogens with one attached hydrogen (secondary N) is 1. The van der Waals surface area contributed by atoms with Crippen LogP contribution in [0.2, 0.25) is 0 Å². The molecule has 0 aliphatic rings. The fourth-order valence-electron chi connectivity index (χ4n) is 1.12. The van der Waals surface area contributed by atoms with Crippen molar-refractivity contribution in [3.8, 4) is 11.8 Å². The number of amides is 1. The van der Waals surface area contributed by atoms with Crippen LogP contribution in [0.1, 0.15) is 29.5 Å². The lowest BCUT2D eigenvalue weighted by atomic mass is 10.3. The zero-order chi connectivity index (χ0) is 11.1. The highest BCUT2D eigenvalue weighted by Crippen LogP contribution is 1.97. The van der Waals surface area contributed by atoms with Crippen LogP contribution in [0.3, 0.4) is 0 Å². The van der Waals surface area contributed by atoms with E-state index in [1.807, 2.05) is 19.1 Å². The van der Waals surface area contributed by atoms with Crippen LogP contribution in [-0.4, -0.2) is 17.4 Å². The Morgan fingerprint density at radius 1 is 1.53 bits per heavy atom. The number of aromatic nitrogens is 1. The number of pyridine rings is 1. The van der Waals surface area contributed by atoms with Crippen molar-refractivity contribution in [2.75, 3.05) is 6.54 Å². The number of rotatable bonds is 3. The topological polar surface area (TPSA) is 42.0 Å². The summed E-state index contributed by atoms with van der Waals surface area (Å²) in [6.45, 7) is 4.21. The minimum atomic E-state index is -0.142. The van der Waals surface area contributed by atoms with E-state index in [1.165, 1.54) is 0 Å². The molecule has 1 amide bonds. The van der Waals surface area contributed by atoms with Gasteiger partial charge in [-0.1, -0.05) is 6.07 Å². The average molecular weight is 202 g/mol. The molecule has 0 atom stereocenters. The van der Waals surface area contributed by atoms with Crippen LogP contribution in [-0.2, 0) is 0 Å². The Morgan fingerprint density at radius 2 is 2.33 bits per heavy atom. The van der Waals surface area contributed by atoms with Crippen LogP contribution in [0.4, 0.5) is 0 Å². The highest BCUT2D eigenvalue weighted by Gasteiger charge is 2.04. The molecule has 15 heavy (non-hydrogen) atoms. The molecular formula is C12H14N2O. The number of carbonyl (C=O) groups excluding carboxylic acids is 1. The zero-order valence-corrected chi connectivity index (χ0v) is 9.00. The molecule has 78 valence electrons. The first-order valence-electron chi connectivity index (χ1n) is 4.85. The van der Waals surface area contributed by atoms with Crippen molar-refractivity contribution < 1.29 is 4.79 Å². The van der Waals surface area contributed by atoms with Gasteiger partial charge in [-0.25, -0.2) is 4.98 Å². The van der Waals surface area contributed by atoms with Crippen molar-refractivity contribution in [2.24, 2.45) is 0 Å². The maximum absolute atomic E-state index is 11.5. The molecule has 0 aliphatic heterocycles. The second-order valence-electron chi connectivity index (χ2n) is 3.10. The largest absolute Gasteiger partial charge is 0.350 e. The number of carbonyl (C=O) groups is 1. The second-order valence-corrected chi connectivity index (χ2v) is 3.10. The minimum Gasteiger partial charge on any atom is -0.350 e. The van der Waals surface area contributed by atoms with E-state index in [9.17, 15) is 4.79 Å². The summed E-state index contributed by atoms with van der Waals surface area (Å²) in [6, 6.07) is 5.39. The SMILES string of the molecule is CC#CCCNC(=O)c1cccc(C)n1. The first-order valence-corrected chi connectivity index (χ1v) is 4.85. The third-order valence-electron chi connectivity index (χ3n) is 1.83. The van der Waals surface area contributed by atoms with Gasteiger partial charge >= 0.3 is 0 Å². The van der Waals surface area contributed by atoms with Crippen molar-refractivity contribution in [2.45, 2.75) is 20.3 Å². The highest BCUT2D eigenvalue weighted by molar-refractivity contribution is 5.92. The fraction of sp³-hybridized carbons (Fsp3) is 0.333. The molecule has 0 aromatic carbocycles. The van der Waals surface area contributed by atoms with Crippen LogP contribution in [0.15, 0.2) is 18.2 Å². The standard InChI is InChI=1S/C12H14N2O/c1-3-4-5-9-13-12(15)11-8-6-7-10(2)14-11/h6-8H,5,9H2,1-2H3,(H,13,15). The number of aryl methyl sites for hydroxylation is 1. The van der Waals surface area contributed by atoms with Gasteiger partial charge in [0.15, 0.2) is 0 Å². The summed E-state index contributed by atoms with van der Waals surface area (Å²) in [5, 5.41) is 2.76. The molecule has 3 nitrogen and oxygen atoms in total. The Kier molecular flexibility index (Phi) is 4.36. The summed E-state index contributed by atoms with van der Waals surface area (Å²) in [7, 11) is 0. The molecular weight excluding hydrogens is 188 g/mol. The van der Waals surface area contributed by atoms with Crippen molar-refractivity contribution in [3.05, 3.63) is 29.6 Å². The van der Waals surface area contributed by atoms with E-state index >= 15 is 0 Å². The summed E-state index contributed by atoms with van der Waals surface area (Å²) < 4.78 is 0. The Morgan fingerprint density at radius 3 is 3.00 bits per heavy atom.